The number of carbonyl (C=O) groups excluding carboxylic acids is 2. The number of amides is 1. The Hall–Kier alpha value is -5.26. The smallest absolute Gasteiger partial charge is 0.320 e. The number of nitrogens with zero attached hydrogens (tertiary/aromatic N) is 3. The fourth-order valence-electron chi connectivity index (χ4n) is 7.14. The van der Waals surface area contributed by atoms with Crippen molar-refractivity contribution in [1.29, 1.82) is 0 Å². The maximum atomic E-state index is 13.2. The molecule has 316 valence electrons. The van der Waals surface area contributed by atoms with Crippen LogP contribution in [-0.2, 0) is 27.4 Å². The standard InChI is InChI=1S/C25H26Cl2N2O3.C23H20Cl2N2O2/c1-2-32-25(31)17-29(15-18-6-4-3-5-7-18)16-24(19-8-10-20(26)11-9-19)28-23-13-12-21(30)14-22(23)27;24-18-8-6-17(7-9-18)22-14-26(13-16-4-2-1-3-5-16)15-23(29)27(22)21-11-10-19(28)12-20(21)25/h3-14,24,28,30H,2,15-17H2,1H3;1-12,22,28H,13-15H2/t24-;22-/m00/s1. The molecule has 1 aliphatic rings. The molecule has 3 N–H and O–H groups in total. The van der Waals surface area contributed by atoms with E-state index in [1.54, 1.807) is 36.1 Å². The van der Waals surface area contributed by atoms with Crippen LogP contribution in [0.15, 0.2) is 146 Å². The zero-order valence-electron chi connectivity index (χ0n) is 33.4. The van der Waals surface area contributed by atoms with Gasteiger partial charge in [0.15, 0.2) is 0 Å². The van der Waals surface area contributed by atoms with Crippen LogP contribution in [0, 0.1) is 0 Å². The number of phenolic OH excluding ortho intramolecular Hbond substituents is 2. The van der Waals surface area contributed by atoms with Gasteiger partial charge in [-0.15, -0.1) is 0 Å². The van der Waals surface area contributed by atoms with E-state index in [0.717, 1.165) is 22.3 Å². The molecule has 0 aliphatic carbocycles. The highest BCUT2D eigenvalue weighted by molar-refractivity contribution is 6.34. The highest BCUT2D eigenvalue weighted by atomic mass is 35.5. The third-order valence-electron chi connectivity index (χ3n) is 9.97. The molecule has 6 aromatic carbocycles. The summed E-state index contributed by atoms with van der Waals surface area (Å²) in [6.07, 6.45) is 0. The minimum absolute atomic E-state index is 0.0419. The number of anilines is 2. The van der Waals surface area contributed by atoms with Crippen molar-refractivity contribution < 1.29 is 24.5 Å². The van der Waals surface area contributed by atoms with Gasteiger partial charge in [0, 0.05) is 48.4 Å². The summed E-state index contributed by atoms with van der Waals surface area (Å²) >= 11 is 24.9. The third-order valence-corrected chi connectivity index (χ3v) is 11.1. The van der Waals surface area contributed by atoms with Gasteiger partial charge in [0.25, 0.3) is 0 Å². The molecule has 0 unspecified atom stereocenters. The number of esters is 1. The minimum atomic E-state index is -0.277. The van der Waals surface area contributed by atoms with Crippen molar-refractivity contribution in [3.05, 3.63) is 188 Å². The highest BCUT2D eigenvalue weighted by Gasteiger charge is 2.35. The Morgan fingerprint density at radius 1 is 0.770 bits per heavy atom. The van der Waals surface area contributed by atoms with Crippen molar-refractivity contribution in [2.24, 2.45) is 0 Å². The number of halogens is 4. The van der Waals surface area contributed by atoms with Gasteiger partial charge < -0.3 is 25.2 Å². The Kier molecular flexibility index (Phi) is 16.3. The van der Waals surface area contributed by atoms with Crippen LogP contribution < -0.4 is 10.2 Å². The van der Waals surface area contributed by atoms with E-state index in [0.29, 0.717) is 64.3 Å². The van der Waals surface area contributed by atoms with Crippen molar-refractivity contribution in [2.45, 2.75) is 32.1 Å². The number of rotatable bonds is 14. The van der Waals surface area contributed by atoms with Crippen LogP contribution in [0.5, 0.6) is 11.5 Å². The van der Waals surface area contributed by atoms with Crippen LogP contribution in [0.25, 0.3) is 0 Å². The van der Waals surface area contributed by atoms with E-state index in [1.165, 1.54) is 12.1 Å². The first-order chi connectivity index (χ1) is 29.4. The molecule has 61 heavy (non-hydrogen) atoms. The van der Waals surface area contributed by atoms with Crippen LogP contribution in [0.2, 0.25) is 20.1 Å². The number of ether oxygens (including phenoxy) is 1. The number of carbonyl (C=O) groups is 2. The summed E-state index contributed by atoms with van der Waals surface area (Å²) in [4.78, 5) is 31.4. The zero-order chi connectivity index (χ0) is 43.3. The molecule has 1 amide bonds. The van der Waals surface area contributed by atoms with E-state index >= 15 is 0 Å². The van der Waals surface area contributed by atoms with Gasteiger partial charge in [-0.1, -0.05) is 131 Å². The van der Waals surface area contributed by atoms with E-state index in [9.17, 15) is 19.8 Å². The van der Waals surface area contributed by atoms with E-state index < -0.39 is 0 Å². The number of hydrogen-bond acceptors (Lipinski definition) is 8. The second-order valence-corrected chi connectivity index (χ2v) is 16.2. The topological polar surface area (TPSA) is 106 Å². The Bertz CT molecular complexity index is 2360. The number of hydrogen-bond donors (Lipinski definition) is 3. The molecule has 9 nitrogen and oxygen atoms in total. The van der Waals surface area contributed by atoms with E-state index in [-0.39, 0.29) is 48.5 Å². The van der Waals surface area contributed by atoms with Gasteiger partial charge >= 0.3 is 5.97 Å². The van der Waals surface area contributed by atoms with Gasteiger partial charge in [-0.05, 0) is 77.7 Å². The van der Waals surface area contributed by atoms with E-state index in [1.807, 2.05) is 102 Å². The van der Waals surface area contributed by atoms with Crippen molar-refractivity contribution in [1.82, 2.24) is 9.80 Å². The van der Waals surface area contributed by atoms with Crippen LogP contribution >= 0.6 is 46.4 Å². The quantitative estimate of drug-likeness (QED) is 0.0733. The van der Waals surface area contributed by atoms with Gasteiger partial charge in [-0.3, -0.25) is 19.4 Å². The largest absolute Gasteiger partial charge is 0.508 e. The van der Waals surface area contributed by atoms with E-state index in [4.69, 9.17) is 51.1 Å². The molecule has 1 fully saturated rings. The molecule has 0 saturated carbocycles. The summed E-state index contributed by atoms with van der Waals surface area (Å²) in [5.41, 5.74) is 5.49. The van der Waals surface area contributed by atoms with Crippen molar-refractivity contribution >= 4 is 69.7 Å². The first-order valence-electron chi connectivity index (χ1n) is 19.7. The number of piperazine rings is 1. The van der Waals surface area contributed by atoms with Gasteiger partial charge in [-0.25, -0.2) is 0 Å². The summed E-state index contributed by atoms with van der Waals surface area (Å²) < 4.78 is 5.20. The molecular formula is C48H46Cl4N4O5. The molecule has 13 heteroatoms. The molecule has 0 aromatic heterocycles. The molecular weight excluding hydrogens is 854 g/mol. The lowest BCUT2D eigenvalue weighted by Gasteiger charge is -2.41. The SMILES string of the molecule is CCOC(=O)CN(Cc1ccccc1)C[C@H](Nc1ccc(O)cc1Cl)c1ccc(Cl)cc1.O=C1CN(Cc2ccccc2)C[C@@H](c2ccc(Cl)cc2)N1c1ccc(O)cc1Cl. The molecule has 7 rings (SSSR count). The second-order valence-electron chi connectivity index (χ2n) is 14.5. The maximum absolute atomic E-state index is 13.2. The molecule has 1 heterocycles. The normalized spacial score (nSPS) is 14.6. The molecule has 6 aromatic rings. The summed E-state index contributed by atoms with van der Waals surface area (Å²) in [6, 6.07) is 44.2. The number of aromatic hydroxyl groups is 2. The minimum Gasteiger partial charge on any atom is -0.508 e. The van der Waals surface area contributed by atoms with Crippen molar-refractivity contribution in [3.63, 3.8) is 0 Å². The lowest BCUT2D eigenvalue weighted by Crippen LogP contribution is -2.52. The van der Waals surface area contributed by atoms with Crippen LogP contribution in [0.3, 0.4) is 0 Å². The fourth-order valence-corrected chi connectivity index (χ4v) is 7.89. The lowest BCUT2D eigenvalue weighted by molar-refractivity contribution is -0.144. The second kappa shape index (κ2) is 22.0. The van der Waals surface area contributed by atoms with Crippen LogP contribution in [-0.4, -0.2) is 64.7 Å². The Balaban J connectivity index is 0.000000205. The van der Waals surface area contributed by atoms with E-state index in [2.05, 4.69) is 22.3 Å². The van der Waals surface area contributed by atoms with Crippen LogP contribution in [0.4, 0.5) is 11.4 Å². The molecule has 1 aliphatic heterocycles. The lowest BCUT2D eigenvalue weighted by atomic mass is 10.0. The first-order valence-corrected chi connectivity index (χ1v) is 21.2. The van der Waals surface area contributed by atoms with Gasteiger partial charge in [0.05, 0.1) is 53.2 Å². The molecule has 1 saturated heterocycles. The molecule has 2 atom stereocenters. The maximum Gasteiger partial charge on any atom is 0.320 e. The Morgan fingerprint density at radius 2 is 1.36 bits per heavy atom. The number of benzene rings is 6. The Labute approximate surface area is 376 Å². The average molecular weight is 901 g/mol. The third kappa shape index (κ3) is 13.1. The van der Waals surface area contributed by atoms with Crippen molar-refractivity contribution in [3.8, 4) is 11.5 Å². The highest BCUT2D eigenvalue weighted by Crippen LogP contribution is 2.38. The summed E-state index contributed by atoms with van der Waals surface area (Å²) in [6.45, 7) is 4.99. The van der Waals surface area contributed by atoms with Crippen LogP contribution in [0.1, 0.15) is 41.3 Å². The Morgan fingerprint density at radius 3 is 1.97 bits per heavy atom. The van der Waals surface area contributed by atoms with Gasteiger partial charge in [0.1, 0.15) is 11.5 Å². The summed E-state index contributed by atoms with van der Waals surface area (Å²) in [5.74, 6) is -0.158. The monoisotopic (exact) mass is 898 g/mol. The molecule has 0 bridgehead atoms. The van der Waals surface area contributed by atoms with Crippen molar-refractivity contribution in [2.75, 3.05) is 43.0 Å². The predicted octanol–water partition coefficient (Wildman–Crippen LogP) is 11.2. The average Bonchev–Trinajstić information content (AvgIpc) is 3.23. The number of nitrogens with one attached hydrogen (secondary N) is 1. The van der Waals surface area contributed by atoms with Gasteiger partial charge in [0.2, 0.25) is 5.91 Å². The van der Waals surface area contributed by atoms with Gasteiger partial charge in [-0.2, -0.15) is 0 Å². The fraction of sp³-hybridized carbons (Fsp3) is 0.208. The summed E-state index contributed by atoms with van der Waals surface area (Å²) in [7, 11) is 0. The first kappa shape index (κ1) is 45.3. The molecule has 0 radical (unpaired) electrons. The summed E-state index contributed by atoms with van der Waals surface area (Å²) in [5, 5.41) is 24.9. The zero-order valence-corrected chi connectivity index (χ0v) is 36.5. The number of phenols is 2. The molecule has 0 spiro atoms. The predicted molar refractivity (Wildman–Crippen MR) is 246 cm³/mol.